The van der Waals surface area contributed by atoms with E-state index in [1.807, 2.05) is 18.0 Å². The number of benzene rings is 1. The Bertz CT molecular complexity index is 438. The first-order chi connectivity index (χ1) is 10.8. The van der Waals surface area contributed by atoms with Crippen LogP contribution in [0.2, 0.25) is 0 Å². The second-order valence-electron chi connectivity index (χ2n) is 6.19. The van der Waals surface area contributed by atoms with E-state index in [1.165, 1.54) is 50.9 Å². The lowest BCUT2D eigenvalue weighted by atomic mass is 10.2. The lowest BCUT2D eigenvalue weighted by Crippen LogP contribution is -2.33. The molecule has 22 heavy (non-hydrogen) atoms. The van der Waals surface area contributed by atoms with Crippen molar-refractivity contribution >= 4 is 5.96 Å². The van der Waals surface area contributed by atoms with Crippen molar-refractivity contribution in [1.82, 2.24) is 9.80 Å². The molecule has 1 heterocycles. The number of guanidine groups is 1. The van der Waals surface area contributed by atoms with E-state index in [4.69, 9.17) is 5.73 Å². The zero-order valence-corrected chi connectivity index (χ0v) is 13.9. The highest BCUT2D eigenvalue weighted by atomic mass is 15.2. The SMILES string of the molecule is CN(Cc1ccccc1)C(N)=NCCCCCN1CCCC1. The number of rotatable bonds is 8. The van der Waals surface area contributed by atoms with Crippen LogP contribution in [-0.4, -0.2) is 49.0 Å². The number of nitrogens with two attached hydrogens (primary N) is 1. The first kappa shape index (κ1) is 16.8. The van der Waals surface area contributed by atoms with Gasteiger partial charge in [-0.15, -0.1) is 0 Å². The third-order valence-electron chi connectivity index (χ3n) is 4.26. The predicted molar refractivity (Wildman–Crippen MR) is 93.9 cm³/mol. The van der Waals surface area contributed by atoms with Crippen molar-refractivity contribution in [3.05, 3.63) is 35.9 Å². The fraction of sp³-hybridized carbons (Fsp3) is 0.611. The molecule has 0 aromatic heterocycles. The molecule has 0 aliphatic carbocycles. The van der Waals surface area contributed by atoms with Crippen LogP contribution in [0.25, 0.3) is 0 Å². The summed E-state index contributed by atoms with van der Waals surface area (Å²) in [7, 11) is 2.00. The first-order valence-electron chi connectivity index (χ1n) is 8.53. The number of nitrogens with zero attached hydrogens (tertiary/aromatic N) is 3. The van der Waals surface area contributed by atoms with E-state index in [0.29, 0.717) is 5.96 Å². The van der Waals surface area contributed by atoms with Crippen LogP contribution in [0.3, 0.4) is 0 Å². The Morgan fingerprint density at radius 3 is 2.59 bits per heavy atom. The van der Waals surface area contributed by atoms with E-state index < -0.39 is 0 Å². The molecule has 1 aromatic rings. The van der Waals surface area contributed by atoms with Gasteiger partial charge in [-0.05, 0) is 50.9 Å². The lowest BCUT2D eigenvalue weighted by Gasteiger charge is -2.18. The van der Waals surface area contributed by atoms with Gasteiger partial charge < -0.3 is 15.5 Å². The zero-order valence-electron chi connectivity index (χ0n) is 13.9. The van der Waals surface area contributed by atoms with Crippen LogP contribution >= 0.6 is 0 Å². The van der Waals surface area contributed by atoms with Gasteiger partial charge in [-0.1, -0.05) is 36.8 Å². The van der Waals surface area contributed by atoms with E-state index in [1.54, 1.807) is 0 Å². The van der Waals surface area contributed by atoms with E-state index in [2.05, 4.69) is 34.2 Å². The van der Waals surface area contributed by atoms with E-state index in [-0.39, 0.29) is 0 Å². The van der Waals surface area contributed by atoms with Gasteiger partial charge in [-0.3, -0.25) is 4.99 Å². The van der Waals surface area contributed by atoms with Gasteiger partial charge in [0.1, 0.15) is 0 Å². The van der Waals surface area contributed by atoms with Crippen LogP contribution in [0.5, 0.6) is 0 Å². The largest absolute Gasteiger partial charge is 0.370 e. The molecule has 0 unspecified atom stereocenters. The molecule has 2 rings (SSSR count). The fourth-order valence-corrected chi connectivity index (χ4v) is 2.88. The summed E-state index contributed by atoms with van der Waals surface area (Å²) >= 11 is 0. The topological polar surface area (TPSA) is 44.9 Å². The Labute approximate surface area is 135 Å². The molecule has 0 saturated carbocycles. The standard InChI is InChI=1S/C18H30N4/c1-21(16-17-10-4-2-5-11-17)18(19)20-12-6-3-7-13-22-14-8-9-15-22/h2,4-5,10-11H,3,6-9,12-16H2,1H3,(H2,19,20). The van der Waals surface area contributed by atoms with Crippen LogP contribution < -0.4 is 5.73 Å². The highest BCUT2D eigenvalue weighted by molar-refractivity contribution is 5.77. The van der Waals surface area contributed by atoms with Gasteiger partial charge in [0.25, 0.3) is 0 Å². The maximum atomic E-state index is 6.05. The lowest BCUT2D eigenvalue weighted by molar-refractivity contribution is 0.329. The first-order valence-corrected chi connectivity index (χ1v) is 8.53. The number of aliphatic imine (C=N–C) groups is 1. The second kappa shape index (κ2) is 9.46. The van der Waals surface area contributed by atoms with Gasteiger partial charge >= 0.3 is 0 Å². The van der Waals surface area contributed by atoms with E-state index in [0.717, 1.165) is 19.5 Å². The van der Waals surface area contributed by atoms with Crippen molar-refractivity contribution in [3.8, 4) is 0 Å². The molecular weight excluding hydrogens is 272 g/mol. The van der Waals surface area contributed by atoms with Crippen molar-refractivity contribution in [2.24, 2.45) is 10.7 Å². The Kier molecular flexibility index (Phi) is 7.23. The summed E-state index contributed by atoms with van der Waals surface area (Å²) in [6.45, 7) is 5.51. The number of hydrogen-bond acceptors (Lipinski definition) is 2. The van der Waals surface area contributed by atoms with Crippen molar-refractivity contribution in [2.45, 2.75) is 38.6 Å². The summed E-state index contributed by atoms with van der Waals surface area (Å²) in [4.78, 5) is 9.08. The molecule has 1 saturated heterocycles. The molecule has 1 aliphatic heterocycles. The summed E-state index contributed by atoms with van der Waals surface area (Å²) < 4.78 is 0. The van der Waals surface area contributed by atoms with Gasteiger partial charge in [0.15, 0.2) is 5.96 Å². The molecule has 0 bridgehead atoms. The van der Waals surface area contributed by atoms with Gasteiger partial charge in [0.05, 0.1) is 0 Å². The normalized spacial score (nSPS) is 16.1. The highest BCUT2D eigenvalue weighted by Gasteiger charge is 2.09. The second-order valence-corrected chi connectivity index (χ2v) is 6.19. The van der Waals surface area contributed by atoms with Crippen molar-refractivity contribution < 1.29 is 0 Å². The summed E-state index contributed by atoms with van der Waals surface area (Å²) in [5, 5.41) is 0. The molecule has 4 heteroatoms. The van der Waals surface area contributed by atoms with Crippen LogP contribution in [0.1, 0.15) is 37.7 Å². The Morgan fingerprint density at radius 1 is 1.14 bits per heavy atom. The van der Waals surface area contributed by atoms with Gasteiger partial charge in [0, 0.05) is 20.1 Å². The third kappa shape index (κ3) is 6.06. The molecule has 1 aliphatic rings. The number of likely N-dealkylation sites (tertiary alicyclic amines) is 1. The molecule has 2 N–H and O–H groups in total. The molecule has 0 radical (unpaired) electrons. The Morgan fingerprint density at radius 2 is 1.86 bits per heavy atom. The van der Waals surface area contributed by atoms with Crippen LogP contribution in [0.15, 0.2) is 35.3 Å². The molecule has 0 atom stereocenters. The summed E-state index contributed by atoms with van der Waals surface area (Å²) in [5.41, 5.74) is 7.31. The quantitative estimate of drug-likeness (QED) is 0.456. The molecule has 1 aromatic carbocycles. The van der Waals surface area contributed by atoms with Gasteiger partial charge in [-0.25, -0.2) is 0 Å². The molecule has 4 nitrogen and oxygen atoms in total. The highest BCUT2D eigenvalue weighted by Crippen LogP contribution is 2.09. The summed E-state index contributed by atoms with van der Waals surface area (Å²) in [6, 6.07) is 10.4. The average Bonchev–Trinajstić information content (AvgIpc) is 3.04. The summed E-state index contributed by atoms with van der Waals surface area (Å²) in [5.74, 6) is 0.642. The minimum absolute atomic E-state index is 0.642. The summed E-state index contributed by atoms with van der Waals surface area (Å²) in [6.07, 6.45) is 6.43. The minimum Gasteiger partial charge on any atom is -0.370 e. The van der Waals surface area contributed by atoms with Crippen molar-refractivity contribution in [2.75, 3.05) is 33.2 Å². The fourth-order valence-electron chi connectivity index (χ4n) is 2.88. The monoisotopic (exact) mass is 302 g/mol. The maximum absolute atomic E-state index is 6.05. The molecule has 0 spiro atoms. The minimum atomic E-state index is 0.642. The third-order valence-corrected chi connectivity index (χ3v) is 4.26. The molecule has 1 fully saturated rings. The number of unbranched alkanes of at least 4 members (excludes halogenated alkanes) is 2. The Hall–Kier alpha value is -1.55. The van der Waals surface area contributed by atoms with Gasteiger partial charge in [0.2, 0.25) is 0 Å². The van der Waals surface area contributed by atoms with Crippen LogP contribution in [-0.2, 0) is 6.54 Å². The smallest absolute Gasteiger partial charge is 0.191 e. The van der Waals surface area contributed by atoms with E-state index >= 15 is 0 Å². The van der Waals surface area contributed by atoms with Gasteiger partial charge in [-0.2, -0.15) is 0 Å². The van der Waals surface area contributed by atoms with Crippen LogP contribution in [0.4, 0.5) is 0 Å². The van der Waals surface area contributed by atoms with E-state index in [9.17, 15) is 0 Å². The maximum Gasteiger partial charge on any atom is 0.191 e. The van der Waals surface area contributed by atoms with Crippen molar-refractivity contribution in [3.63, 3.8) is 0 Å². The zero-order chi connectivity index (χ0) is 15.6. The average molecular weight is 302 g/mol. The molecular formula is C18H30N4. The number of hydrogen-bond donors (Lipinski definition) is 1. The molecule has 122 valence electrons. The molecule has 0 amide bonds. The predicted octanol–water partition coefficient (Wildman–Crippen LogP) is 2.70. The van der Waals surface area contributed by atoms with Crippen molar-refractivity contribution in [1.29, 1.82) is 0 Å². The van der Waals surface area contributed by atoms with Crippen LogP contribution in [0, 0.1) is 0 Å². The Balaban J connectivity index is 1.58.